The second kappa shape index (κ2) is 10.1. The fourth-order valence-electron chi connectivity index (χ4n) is 4.23. The molecule has 1 aliphatic rings. The SMILES string of the molecule is Cc1cc(C)cc(CS(=O)(=O)NC(=O)c2ccc(N3C(=S)CSC3c3ccc(F)cc3)c(C)c2)c1. The zero-order valence-corrected chi connectivity index (χ0v) is 22.0. The van der Waals surface area contributed by atoms with E-state index >= 15 is 0 Å². The molecule has 1 atom stereocenters. The third-order valence-corrected chi connectivity index (χ3v) is 8.60. The maximum Gasteiger partial charge on any atom is 0.264 e. The summed E-state index contributed by atoms with van der Waals surface area (Å²) in [6.07, 6.45) is 0. The van der Waals surface area contributed by atoms with Crippen LogP contribution in [0.25, 0.3) is 0 Å². The van der Waals surface area contributed by atoms with Gasteiger partial charge in [0.05, 0.1) is 10.7 Å². The average Bonchev–Trinajstić information content (AvgIpc) is 3.13. The van der Waals surface area contributed by atoms with Crippen LogP contribution in [0.2, 0.25) is 0 Å². The zero-order chi connectivity index (χ0) is 25.3. The van der Waals surface area contributed by atoms with Gasteiger partial charge in [0.15, 0.2) is 0 Å². The highest BCUT2D eigenvalue weighted by Gasteiger charge is 2.32. The highest BCUT2D eigenvalue weighted by atomic mass is 32.2. The molecule has 1 unspecified atom stereocenters. The van der Waals surface area contributed by atoms with Gasteiger partial charge in [-0.3, -0.25) is 4.79 Å². The van der Waals surface area contributed by atoms with Crippen LogP contribution in [0.5, 0.6) is 0 Å². The van der Waals surface area contributed by atoms with E-state index < -0.39 is 15.9 Å². The summed E-state index contributed by atoms with van der Waals surface area (Å²) in [6.45, 7) is 5.65. The molecule has 4 rings (SSSR count). The number of carbonyl (C=O) groups excluding carboxylic acids is 1. The molecule has 0 bridgehead atoms. The highest BCUT2D eigenvalue weighted by molar-refractivity contribution is 8.02. The van der Waals surface area contributed by atoms with Crippen LogP contribution < -0.4 is 9.62 Å². The van der Waals surface area contributed by atoms with Gasteiger partial charge in [0.2, 0.25) is 10.0 Å². The third-order valence-electron chi connectivity index (χ3n) is 5.63. The molecular formula is C26H25FN2O3S3. The number of thioether (sulfide) groups is 1. The number of benzene rings is 3. The van der Waals surface area contributed by atoms with E-state index in [4.69, 9.17) is 12.2 Å². The monoisotopic (exact) mass is 528 g/mol. The van der Waals surface area contributed by atoms with Crippen LogP contribution in [0.3, 0.4) is 0 Å². The minimum Gasteiger partial charge on any atom is -0.318 e. The van der Waals surface area contributed by atoms with Crippen molar-refractivity contribution in [2.24, 2.45) is 0 Å². The Morgan fingerprint density at radius 3 is 2.34 bits per heavy atom. The number of thiocarbonyl (C=S) groups is 1. The van der Waals surface area contributed by atoms with Crippen LogP contribution in [0.1, 0.15) is 43.5 Å². The van der Waals surface area contributed by atoms with Crippen LogP contribution in [0, 0.1) is 26.6 Å². The number of anilines is 1. The summed E-state index contributed by atoms with van der Waals surface area (Å²) >= 11 is 7.24. The standard InChI is InChI=1S/C26H25FN2O3S3/c1-16-10-17(2)12-19(11-16)15-35(31,32)28-25(30)21-6-9-23(18(3)13-21)29-24(33)14-34-26(29)20-4-7-22(27)8-5-20/h4-13,26H,14-15H2,1-3H3,(H,28,30). The largest absolute Gasteiger partial charge is 0.318 e. The van der Waals surface area contributed by atoms with Crippen molar-refractivity contribution in [2.75, 3.05) is 10.7 Å². The zero-order valence-electron chi connectivity index (χ0n) is 19.5. The second-order valence-electron chi connectivity index (χ2n) is 8.67. The molecule has 1 aliphatic heterocycles. The summed E-state index contributed by atoms with van der Waals surface area (Å²) in [5, 5.41) is -0.111. The Hall–Kier alpha value is -2.75. The second-order valence-corrected chi connectivity index (χ2v) is 11.9. The molecule has 3 aromatic rings. The predicted molar refractivity (Wildman–Crippen MR) is 144 cm³/mol. The van der Waals surface area contributed by atoms with Gasteiger partial charge in [-0.25, -0.2) is 17.5 Å². The molecule has 3 aromatic carbocycles. The maximum atomic E-state index is 13.4. The van der Waals surface area contributed by atoms with Crippen molar-refractivity contribution in [1.82, 2.24) is 4.72 Å². The molecule has 1 saturated heterocycles. The number of carbonyl (C=O) groups is 1. The molecule has 1 heterocycles. The van der Waals surface area contributed by atoms with E-state index in [1.165, 1.54) is 12.1 Å². The summed E-state index contributed by atoms with van der Waals surface area (Å²) in [7, 11) is -3.88. The fraction of sp³-hybridized carbons (Fsp3) is 0.231. The molecule has 182 valence electrons. The summed E-state index contributed by atoms with van der Waals surface area (Å²) in [5.74, 6) is -0.616. The number of hydrogen-bond donors (Lipinski definition) is 1. The molecule has 1 amide bonds. The van der Waals surface area contributed by atoms with Crippen molar-refractivity contribution in [3.63, 3.8) is 0 Å². The molecule has 1 fully saturated rings. The van der Waals surface area contributed by atoms with E-state index in [-0.39, 0.29) is 22.5 Å². The lowest BCUT2D eigenvalue weighted by Gasteiger charge is -2.28. The normalized spacial score (nSPS) is 15.9. The molecule has 5 nitrogen and oxygen atoms in total. The van der Waals surface area contributed by atoms with E-state index in [1.54, 1.807) is 54.2 Å². The minimum atomic E-state index is -3.88. The van der Waals surface area contributed by atoms with Gasteiger partial charge in [-0.2, -0.15) is 0 Å². The number of aryl methyl sites for hydroxylation is 3. The molecular weight excluding hydrogens is 503 g/mol. The first-order valence-corrected chi connectivity index (χ1v) is 14.0. The van der Waals surface area contributed by atoms with Crippen LogP contribution in [0.4, 0.5) is 10.1 Å². The number of nitrogens with one attached hydrogen (secondary N) is 1. The minimum absolute atomic E-state index is 0.111. The van der Waals surface area contributed by atoms with Gasteiger partial charge in [-0.1, -0.05) is 53.7 Å². The van der Waals surface area contributed by atoms with E-state index in [2.05, 4.69) is 4.72 Å². The first kappa shape index (κ1) is 25.3. The lowest BCUT2D eigenvalue weighted by molar-refractivity contribution is 0.0981. The van der Waals surface area contributed by atoms with Gasteiger partial charge in [0, 0.05) is 17.0 Å². The predicted octanol–water partition coefficient (Wildman–Crippen LogP) is 5.59. The van der Waals surface area contributed by atoms with Gasteiger partial charge in [0.1, 0.15) is 11.2 Å². The molecule has 0 spiro atoms. The Labute approximate surface area is 214 Å². The van der Waals surface area contributed by atoms with Gasteiger partial charge < -0.3 is 4.90 Å². The lowest BCUT2D eigenvalue weighted by atomic mass is 10.1. The van der Waals surface area contributed by atoms with E-state index in [0.29, 0.717) is 11.3 Å². The molecule has 9 heteroatoms. The Morgan fingerprint density at radius 2 is 1.71 bits per heavy atom. The number of amides is 1. The Kier molecular flexibility index (Phi) is 7.30. The fourth-order valence-corrected chi connectivity index (χ4v) is 6.97. The van der Waals surface area contributed by atoms with Gasteiger partial charge in [0.25, 0.3) is 5.91 Å². The van der Waals surface area contributed by atoms with Crippen molar-refractivity contribution in [1.29, 1.82) is 0 Å². The van der Waals surface area contributed by atoms with Crippen molar-refractivity contribution < 1.29 is 17.6 Å². The van der Waals surface area contributed by atoms with Crippen LogP contribution >= 0.6 is 24.0 Å². The van der Waals surface area contributed by atoms with Crippen LogP contribution in [0.15, 0.2) is 60.7 Å². The Bertz CT molecular complexity index is 1390. The third kappa shape index (κ3) is 5.91. The number of nitrogens with zero attached hydrogens (tertiary/aromatic N) is 1. The molecule has 0 aliphatic carbocycles. The van der Waals surface area contributed by atoms with Gasteiger partial charge >= 0.3 is 0 Å². The number of sulfonamides is 1. The molecule has 0 aromatic heterocycles. The molecule has 0 radical (unpaired) electrons. The van der Waals surface area contributed by atoms with Crippen molar-refractivity contribution >= 4 is 50.6 Å². The maximum absolute atomic E-state index is 13.4. The van der Waals surface area contributed by atoms with Crippen molar-refractivity contribution in [2.45, 2.75) is 31.9 Å². The number of hydrogen-bond acceptors (Lipinski definition) is 5. The van der Waals surface area contributed by atoms with E-state index in [1.807, 2.05) is 31.7 Å². The Morgan fingerprint density at radius 1 is 1.06 bits per heavy atom. The van der Waals surface area contributed by atoms with E-state index in [9.17, 15) is 17.6 Å². The average molecular weight is 529 g/mol. The molecule has 0 saturated carbocycles. The summed E-state index contributed by atoms with van der Waals surface area (Å²) in [6, 6.07) is 16.9. The van der Waals surface area contributed by atoms with Crippen LogP contribution in [-0.2, 0) is 15.8 Å². The summed E-state index contributed by atoms with van der Waals surface area (Å²) in [4.78, 5) is 15.5. The topological polar surface area (TPSA) is 66.5 Å². The van der Waals surface area contributed by atoms with Gasteiger partial charge in [-0.15, -0.1) is 11.8 Å². The smallest absolute Gasteiger partial charge is 0.264 e. The first-order chi connectivity index (χ1) is 16.5. The van der Waals surface area contributed by atoms with Crippen molar-refractivity contribution in [3.8, 4) is 0 Å². The van der Waals surface area contributed by atoms with Gasteiger partial charge in [-0.05, 0) is 67.8 Å². The van der Waals surface area contributed by atoms with Crippen molar-refractivity contribution in [3.05, 3.63) is 99.9 Å². The highest BCUT2D eigenvalue weighted by Crippen LogP contribution is 2.43. The lowest BCUT2D eigenvalue weighted by Crippen LogP contribution is -2.32. The quantitative estimate of drug-likeness (QED) is 0.421. The van der Waals surface area contributed by atoms with E-state index in [0.717, 1.165) is 32.9 Å². The number of rotatable bonds is 6. The first-order valence-electron chi connectivity index (χ1n) is 10.9. The molecule has 35 heavy (non-hydrogen) atoms. The molecule has 1 N–H and O–H groups in total. The Balaban J connectivity index is 1.53. The summed E-state index contributed by atoms with van der Waals surface area (Å²) < 4.78 is 40.9. The summed E-state index contributed by atoms with van der Waals surface area (Å²) in [5.41, 5.74) is 5.32. The van der Waals surface area contributed by atoms with Crippen LogP contribution in [-0.4, -0.2) is 25.1 Å². The number of halogens is 1.